The molecule has 2 N–H and O–H groups in total. The predicted molar refractivity (Wildman–Crippen MR) is 130 cm³/mol. The molecule has 2 heterocycles. The first-order chi connectivity index (χ1) is 16.9. The summed E-state index contributed by atoms with van der Waals surface area (Å²) in [6.07, 6.45) is -0.325. The van der Waals surface area contributed by atoms with E-state index in [1.54, 1.807) is 19.2 Å². The first-order valence-electron chi connectivity index (χ1n) is 11.8. The monoisotopic (exact) mass is 483 g/mol. The maximum Gasteiger partial charge on any atom is 0.405 e. The van der Waals surface area contributed by atoms with E-state index in [0.717, 1.165) is 25.2 Å². The molecular weight excluding hydrogens is 450 g/mol. The fourth-order valence-electron chi connectivity index (χ4n) is 5.28. The van der Waals surface area contributed by atoms with Gasteiger partial charge in [-0.1, -0.05) is 30.3 Å². The minimum atomic E-state index is -1.02. The van der Waals surface area contributed by atoms with Crippen LogP contribution in [0, 0.1) is 11.8 Å². The van der Waals surface area contributed by atoms with Gasteiger partial charge in [-0.25, -0.2) is 4.79 Å². The minimum absolute atomic E-state index is 0.0999. The lowest BCUT2D eigenvalue weighted by atomic mass is 10.0. The highest BCUT2D eigenvalue weighted by Crippen LogP contribution is 2.38. The summed E-state index contributed by atoms with van der Waals surface area (Å²) in [4.78, 5) is 29.0. The number of likely N-dealkylation sites (tertiary alicyclic amines) is 2. The van der Waals surface area contributed by atoms with Crippen molar-refractivity contribution in [1.29, 1.82) is 0 Å². The largest absolute Gasteiger partial charge is 0.496 e. The van der Waals surface area contributed by atoms with Crippen LogP contribution in [-0.2, 0) is 0 Å². The Balaban J connectivity index is 1.37. The van der Waals surface area contributed by atoms with Crippen molar-refractivity contribution >= 4 is 12.0 Å². The quantitative estimate of drug-likeness (QED) is 0.565. The van der Waals surface area contributed by atoms with E-state index in [0.29, 0.717) is 54.2 Å². The van der Waals surface area contributed by atoms with Crippen molar-refractivity contribution in [1.82, 2.24) is 15.1 Å². The normalized spacial score (nSPS) is 20.3. The molecule has 35 heavy (non-hydrogen) atoms. The number of rotatable bonds is 9. The molecule has 0 bridgehead atoms. The lowest BCUT2D eigenvalue weighted by Crippen LogP contribution is -2.35. The molecule has 0 aromatic heterocycles. The standard InChI is InChI=1S/C26H33N3O6/c1-33-20-11-22(34-2)24(23(12-20)35-3)25(30)29-15-18-13-28(14-19(18)16-29)10-9-21(27-26(31)32)17-7-5-4-6-8-17/h4-8,11-12,18-19,21,27H,9-10,13-16H2,1-3H3,(H,31,32)/t18-,19?,21?/m0/s1. The summed E-state index contributed by atoms with van der Waals surface area (Å²) in [5.41, 5.74) is 1.38. The molecule has 2 aliphatic heterocycles. The number of hydrogen-bond acceptors (Lipinski definition) is 6. The third-order valence-corrected chi connectivity index (χ3v) is 7.01. The van der Waals surface area contributed by atoms with Gasteiger partial charge in [-0.05, 0) is 23.8 Å². The number of carboxylic acid groups (broad SMARTS) is 1. The van der Waals surface area contributed by atoms with Gasteiger partial charge in [-0.15, -0.1) is 0 Å². The van der Waals surface area contributed by atoms with E-state index < -0.39 is 6.09 Å². The average Bonchev–Trinajstić information content (AvgIpc) is 3.44. The Hall–Kier alpha value is -3.46. The molecule has 2 fully saturated rings. The number of benzene rings is 2. The van der Waals surface area contributed by atoms with Gasteiger partial charge in [0, 0.05) is 44.9 Å². The highest BCUT2D eigenvalue weighted by atomic mass is 16.5. The van der Waals surface area contributed by atoms with Crippen molar-refractivity contribution in [2.24, 2.45) is 11.8 Å². The van der Waals surface area contributed by atoms with Crippen LogP contribution < -0.4 is 19.5 Å². The van der Waals surface area contributed by atoms with Crippen molar-refractivity contribution in [3.63, 3.8) is 0 Å². The Labute approximate surface area is 205 Å². The summed E-state index contributed by atoms with van der Waals surface area (Å²) >= 11 is 0. The molecule has 188 valence electrons. The number of carbonyl (C=O) groups excluding carboxylic acids is 1. The van der Waals surface area contributed by atoms with Gasteiger partial charge in [0.1, 0.15) is 22.8 Å². The molecule has 2 aliphatic rings. The van der Waals surface area contributed by atoms with Crippen LogP contribution in [0.3, 0.4) is 0 Å². The van der Waals surface area contributed by atoms with Crippen molar-refractivity contribution in [3.05, 3.63) is 53.6 Å². The second-order valence-corrected chi connectivity index (χ2v) is 9.10. The number of nitrogens with zero attached hydrogens (tertiary/aromatic N) is 2. The van der Waals surface area contributed by atoms with Gasteiger partial charge < -0.3 is 34.4 Å². The van der Waals surface area contributed by atoms with Gasteiger partial charge in [0.05, 0.1) is 27.4 Å². The third kappa shape index (κ3) is 5.45. The minimum Gasteiger partial charge on any atom is -0.496 e. The van der Waals surface area contributed by atoms with Crippen LogP contribution in [0.2, 0.25) is 0 Å². The molecule has 2 amide bonds. The SMILES string of the molecule is COc1cc(OC)c(C(=O)N2CC3CN(CCC(NC(=O)O)c4ccccc4)C[C@H]3C2)c(OC)c1. The number of nitrogens with one attached hydrogen (secondary N) is 1. The zero-order chi connectivity index (χ0) is 24.9. The zero-order valence-electron chi connectivity index (χ0n) is 20.4. The summed E-state index contributed by atoms with van der Waals surface area (Å²) < 4.78 is 16.2. The van der Waals surface area contributed by atoms with E-state index >= 15 is 0 Å². The fourth-order valence-corrected chi connectivity index (χ4v) is 5.28. The molecular formula is C26H33N3O6. The fraction of sp³-hybridized carbons (Fsp3) is 0.462. The Kier molecular flexibility index (Phi) is 7.65. The molecule has 0 radical (unpaired) electrons. The predicted octanol–water partition coefficient (Wildman–Crippen LogP) is 3.12. The summed E-state index contributed by atoms with van der Waals surface area (Å²) in [5, 5.41) is 11.9. The number of carbonyl (C=O) groups is 2. The van der Waals surface area contributed by atoms with Crippen LogP contribution in [0.1, 0.15) is 28.4 Å². The smallest absolute Gasteiger partial charge is 0.405 e. The number of amides is 2. The van der Waals surface area contributed by atoms with Gasteiger partial charge in [-0.2, -0.15) is 0 Å². The lowest BCUT2D eigenvalue weighted by molar-refractivity contribution is 0.0767. The molecule has 2 aromatic carbocycles. The number of fused-ring (bicyclic) bond motifs is 1. The van der Waals surface area contributed by atoms with Gasteiger partial charge in [0.15, 0.2) is 0 Å². The number of ether oxygens (including phenoxy) is 3. The van der Waals surface area contributed by atoms with Gasteiger partial charge in [0.25, 0.3) is 5.91 Å². The first-order valence-corrected chi connectivity index (χ1v) is 11.8. The van der Waals surface area contributed by atoms with Crippen LogP contribution in [0.5, 0.6) is 17.2 Å². The third-order valence-electron chi connectivity index (χ3n) is 7.01. The molecule has 2 saturated heterocycles. The Morgan fingerprint density at radius 1 is 0.971 bits per heavy atom. The number of hydrogen-bond donors (Lipinski definition) is 2. The second-order valence-electron chi connectivity index (χ2n) is 9.10. The highest BCUT2D eigenvalue weighted by Gasteiger charge is 2.42. The molecule has 4 rings (SSSR count). The molecule has 3 atom stereocenters. The lowest BCUT2D eigenvalue weighted by Gasteiger charge is -2.25. The Morgan fingerprint density at radius 3 is 2.09 bits per heavy atom. The maximum atomic E-state index is 13.4. The van der Waals surface area contributed by atoms with E-state index in [1.807, 2.05) is 35.2 Å². The van der Waals surface area contributed by atoms with Crippen LogP contribution >= 0.6 is 0 Å². The van der Waals surface area contributed by atoms with E-state index in [2.05, 4.69) is 10.2 Å². The van der Waals surface area contributed by atoms with Gasteiger partial charge >= 0.3 is 6.09 Å². The van der Waals surface area contributed by atoms with E-state index in [-0.39, 0.29) is 11.9 Å². The van der Waals surface area contributed by atoms with E-state index in [9.17, 15) is 14.7 Å². The van der Waals surface area contributed by atoms with Gasteiger partial charge in [-0.3, -0.25) is 4.79 Å². The summed E-state index contributed by atoms with van der Waals surface area (Å²) in [6.45, 7) is 3.92. The molecule has 0 saturated carbocycles. The van der Waals surface area contributed by atoms with Gasteiger partial charge in [0.2, 0.25) is 0 Å². The summed E-state index contributed by atoms with van der Waals surface area (Å²) in [7, 11) is 4.62. The molecule has 9 nitrogen and oxygen atoms in total. The maximum absolute atomic E-state index is 13.4. The van der Waals surface area contributed by atoms with Crippen LogP contribution in [0.15, 0.2) is 42.5 Å². The summed E-state index contributed by atoms with van der Waals surface area (Å²) in [5.74, 6) is 2.10. The molecule has 0 spiro atoms. The van der Waals surface area contributed by atoms with Crippen LogP contribution in [0.4, 0.5) is 4.79 Å². The molecule has 2 unspecified atom stereocenters. The molecule has 0 aliphatic carbocycles. The van der Waals surface area contributed by atoms with Crippen LogP contribution in [-0.4, -0.2) is 81.0 Å². The van der Waals surface area contributed by atoms with Crippen molar-refractivity contribution in [2.45, 2.75) is 12.5 Å². The molecule has 9 heteroatoms. The average molecular weight is 484 g/mol. The molecule has 2 aromatic rings. The summed E-state index contributed by atoms with van der Waals surface area (Å²) in [6, 6.07) is 12.8. The van der Waals surface area contributed by atoms with Crippen molar-refractivity contribution in [3.8, 4) is 17.2 Å². The van der Waals surface area contributed by atoms with E-state index in [1.165, 1.54) is 14.2 Å². The Bertz CT molecular complexity index is 1010. The van der Waals surface area contributed by atoms with E-state index in [4.69, 9.17) is 14.2 Å². The zero-order valence-corrected chi connectivity index (χ0v) is 20.4. The number of methoxy groups -OCH3 is 3. The van der Waals surface area contributed by atoms with Crippen molar-refractivity contribution < 1.29 is 28.9 Å². The Morgan fingerprint density at radius 2 is 1.57 bits per heavy atom. The first kappa shape index (κ1) is 24.7. The second kappa shape index (κ2) is 10.9. The van der Waals surface area contributed by atoms with Crippen molar-refractivity contribution in [2.75, 3.05) is 54.1 Å². The van der Waals surface area contributed by atoms with Crippen LogP contribution in [0.25, 0.3) is 0 Å². The topological polar surface area (TPSA) is 101 Å². The highest BCUT2D eigenvalue weighted by molar-refractivity contribution is 6.00.